The average Bonchev–Trinajstić information content (AvgIpc) is 2.58. The SMILES string of the molecule is Cc1cc(C(=O)Cc2cccc(Br)c2)c(C)s1. The molecule has 88 valence electrons. The number of hydrogen-bond acceptors (Lipinski definition) is 2. The zero-order chi connectivity index (χ0) is 12.4. The van der Waals surface area contributed by atoms with Gasteiger partial charge in [0.15, 0.2) is 5.78 Å². The summed E-state index contributed by atoms with van der Waals surface area (Å²) in [7, 11) is 0. The van der Waals surface area contributed by atoms with E-state index in [4.69, 9.17) is 0 Å². The van der Waals surface area contributed by atoms with E-state index in [9.17, 15) is 4.79 Å². The van der Waals surface area contributed by atoms with Gasteiger partial charge in [0.1, 0.15) is 0 Å². The van der Waals surface area contributed by atoms with E-state index in [1.165, 1.54) is 4.88 Å². The van der Waals surface area contributed by atoms with E-state index >= 15 is 0 Å². The van der Waals surface area contributed by atoms with Gasteiger partial charge in [-0.25, -0.2) is 0 Å². The maximum atomic E-state index is 12.2. The molecule has 0 fully saturated rings. The van der Waals surface area contributed by atoms with Crippen molar-refractivity contribution in [3.63, 3.8) is 0 Å². The third kappa shape index (κ3) is 3.05. The minimum absolute atomic E-state index is 0.199. The van der Waals surface area contributed by atoms with Gasteiger partial charge in [-0.2, -0.15) is 0 Å². The third-order valence-electron chi connectivity index (χ3n) is 2.60. The quantitative estimate of drug-likeness (QED) is 0.760. The van der Waals surface area contributed by atoms with Gasteiger partial charge in [0.2, 0.25) is 0 Å². The molecule has 0 saturated heterocycles. The summed E-state index contributed by atoms with van der Waals surface area (Å²) in [5.74, 6) is 0.199. The molecule has 0 unspecified atom stereocenters. The smallest absolute Gasteiger partial charge is 0.168 e. The first-order chi connectivity index (χ1) is 8.06. The van der Waals surface area contributed by atoms with Gasteiger partial charge in [0.05, 0.1) is 0 Å². The third-order valence-corrected chi connectivity index (χ3v) is 4.05. The number of benzene rings is 1. The zero-order valence-corrected chi connectivity index (χ0v) is 12.2. The summed E-state index contributed by atoms with van der Waals surface area (Å²) in [4.78, 5) is 14.5. The number of hydrogen-bond donors (Lipinski definition) is 0. The Morgan fingerprint density at radius 2 is 2.06 bits per heavy atom. The number of carbonyl (C=O) groups is 1. The van der Waals surface area contributed by atoms with Crippen molar-refractivity contribution in [2.45, 2.75) is 20.3 Å². The molecule has 0 saturated carbocycles. The van der Waals surface area contributed by atoms with Gasteiger partial charge in [0, 0.05) is 26.2 Å². The highest BCUT2D eigenvalue weighted by Gasteiger charge is 2.12. The van der Waals surface area contributed by atoms with Crippen molar-refractivity contribution >= 4 is 33.0 Å². The Kier molecular flexibility index (Phi) is 3.79. The van der Waals surface area contributed by atoms with Crippen LogP contribution in [0.5, 0.6) is 0 Å². The van der Waals surface area contributed by atoms with Gasteiger partial charge in [-0.05, 0) is 37.6 Å². The van der Waals surface area contributed by atoms with Crippen molar-refractivity contribution in [2.75, 3.05) is 0 Å². The first-order valence-corrected chi connectivity index (χ1v) is 7.02. The van der Waals surface area contributed by atoms with Gasteiger partial charge in [-0.15, -0.1) is 11.3 Å². The van der Waals surface area contributed by atoms with Gasteiger partial charge in [-0.3, -0.25) is 4.79 Å². The van der Waals surface area contributed by atoms with E-state index in [-0.39, 0.29) is 5.78 Å². The molecule has 0 aliphatic rings. The number of ketones is 1. The number of rotatable bonds is 3. The normalized spacial score (nSPS) is 10.5. The van der Waals surface area contributed by atoms with Gasteiger partial charge < -0.3 is 0 Å². The number of thiophene rings is 1. The van der Waals surface area contributed by atoms with Crippen molar-refractivity contribution in [3.8, 4) is 0 Å². The highest BCUT2D eigenvalue weighted by Crippen LogP contribution is 2.22. The molecule has 2 rings (SSSR count). The summed E-state index contributed by atoms with van der Waals surface area (Å²) in [6, 6.07) is 9.89. The van der Waals surface area contributed by atoms with Crippen LogP contribution in [0, 0.1) is 13.8 Å². The summed E-state index contributed by atoms with van der Waals surface area (Å²) in [6.07, 6.45) is 0.469. The zero-order valence-electron chi connectivity index (χ0n) is 9.79. The molecule has 0 N–H and O–H groups in total. The molecular weight excluding hydrogens is 296 g/mol. The summed E-state index contributed by atoms with van der Waals surface area (Å²) in [6.45, 7) is 4.04. The molecule has 0 atom stereocenters. The molecule has 1 heterocycles. The van der Waals surface area contributed by atoms with E-state index in [0.29, 0.717) is 6.42 Å². The fourth-order valence-electron chi connectivity index (χ4n) is 1.84. The van der Waals surface area contributed by atoms with E-state index in [2.05, 4.69) is 15.9 Å². The van der Waals surface area contributed by atoms with E-state index in [1.807, 2.05) is 44.2 Å². The Hall–Kier alpha value is -0.930. The Morgan fingerprint density at radius 1 is 1.29 bits per heavy atom. The molecule has 0 aliphatic heterocycles. The standard InChI is InChI=1S/C14H13BrOS/c1-9-6-13(10(2)17-9)14(16)8-11-4-3-5-12(15)7-11/h3-7H,8H2,1-2H3. The second-order valence-corrected chi connectivity index (χ2v) is 6.43. The molecule has 17 heavy (non-hydrogen) atoms. The van der Waals surface area contributed by atoms with E-state index < -0.39 is 0 Å². The second-order valence-electron chi connectivity index (χ2n) is 4.06. The Balaban J connectivity index is 2.20. The number of halogens is 1. The number of aryl methyl sites for hydroxylation is 2. The van der Waals surface area contributed by atoms with Crippen LogP contribution in [0.15, 0.2) is 34.8 Å². The van der Waals surface area contributed by atoms with Crippen molar-refractivity contribution in [2.24, 2.45) is 0 Å². The lowest BCUT2D eigenvalue weighted by molar-refractivity contribution is 0.0993. The lowest BCUT2D eigenvalue weighted by atomic mass is 10.0. The fraction of sp³-hybridized carbons (Fsp3) is 0.214. The first-order valence-electron chi connectivity index (χ1n) is 5.41. The van der Waals surface area contributed by atoms with Crippen LogP contribution >= 0.6 is 27.3 Å². The molecule has 0 spiro atoms. The predicted octanol–water partition coefficient (Wildman–Crippen LogP) is 4.55. The monoisotopic (exact) mass is 308 g/mol. The van der Waals surface area contributed by atoms with Crippen LogP contribution in [0.2, 0.25) is 0 Å². The highest BCUT2D eigenvalue weighted by atomic mass is 79.9. The van der Waals surface area contributed by atoms with Crippen LogP contribution in [0.1, 0.15) is 25.7 Å². The minimum atomic E-state index is 0.199. The lowest BCUT2D eigenvalue weighted by Gasteiger charge is -2.01. The molecule has 0 aliphatic carbocycles. The second kappa shape index (κ2) is 5.15. The van der Waals surface area contributed by atoms with Gasteiger partial charge >= 0.3 is 0 Å². The molecule has 1 aromatic heterocycles. The topological polar surface area (TPSA) is 17.1 Å². The van der Waals surface area contributed by atoms with Crippen molar-refractivity contribution in [3.05, 3.63) is 55.7 Å². The van der Waals surface area contributed by atoms with E-state index in [0.717, 1.165) is 20.5 Å². The fourth-order valence-corrected chi connectivity index (χ4v) is 3.22. The maximum Gasteiger partial charge on any atom is 0.168 e. The van der Waals surface area contributed by atoms with Crippen LogP contribution in [-0.4, -0.2) is 5.78 Å². The average molecular weight is 309 g/mol. The molecule has 0 amide bonds. The van der Waals surface area contributed by atoms with Crippen LogP contribution in [-0.2, 0) is 6.42 Å². The van der Waals surface area contributed by atoms with E-state index in [1.54, 1.807) is 11.3 Å². The minimum Gasteiger partial charge on any atom is -0.294 e. The Labute approximate surface area is 114 Å². The Morgan fingerprint density at radius 3 is 2.65 bits per heavy atom. The molecule has 1 nitrogen and oxygen atoms in total. The highest BCUT2D eigenvalue weighted by molar-refractivity contribution is 9.10. The largest absolute Gasteiger partial charge is 0.294 e. The van der Waals surface area contributed by atoms with Crippen LogP contribution in [0.25, 0.3) is 0 Å². The maximum absolute atomic E-state index is 12.2. The molecule has 3 heteroatoms. The Bertz CT molecular complexity index is 557. The molecule has 0 bridgehead atoms. The van der Waals surface area contributed by atoms with Crippen LogP contribution < -0.4 is 0 Å². The predicted molar refractivity (Wildman–Crippen MR) is 76.0 cm³/mol. The summed E-state index contributed by atoms with van der Waals surface area (Å²) in [5, 5.41) is 0. The molecule has 1 aromatic carbocycles. The molecule has 2 aromatic rings. The van der Waals surface area contributed by atoms with Crippen molar-refractivity contribution in [1.82, 2.24) is 0 Å². The summed E-state index contributed by atoms with van der Waals surface area (Å²) in [5.41, 5.74) is 1.92. The molecular formula is C14H13BrOS. The van der Waals surface area contributed by atoms with Gasteiger partial charge in [-0.1, -0.05) is 28.1 Å². The first kappa shape index (κ1) is 12.5. The number of Topliss-reactive ketones (excluding diaryl/α,β-unsaturated/α-hetero) is 1. The van der Waals surface area contributed by atoms with Crippen LogP contribution in [0.4, 0.5) is 0 Å². The van der Waals surface area contributed by atoms with Crippen molar-refractivity contribution in [1.29, 1.82) is 0 Å². The van der Waals surface area contributed by atoms with Crippen molar-refractivity contribution < 1.29 is 4.79 Å². The summed E-state index contributed by atoms with van der Waals surface area (Å²) >= 11 is 5.10. The summed E-state index contributed by atoms with van der Waals surface area (Å²) < 4.78 is 1.01. The van der Waals surface area contributed by atoms with Crippen LogP contribution in [0.3, 0.4) is 0 Å². The lowest BCUT2D eigenvalue weighted by Crippen LogP contribution is -2.03. The molecule has 0 radical (unpaired) electrons. The number of carbonyl (C=O) groups excluding carboxylic acids is 1. The van der Waals surface area contributed by atoms with Gasteiger partial charge in [0.25, 0.3) is 0 Å².